The lowest BCUT2D eigenvalue weighted by Gasteiger charge is -2.36. The van der Waals surface area contributed by atoms with Crippen LogP contribution in [-0.2, 0) is 60.3 Å². The predicted molar refractivity (Wildman–Crippen MR) is 181 cm³/mol. The summed E-state index contributed by atoms with van der Waals surface area (Å²) in [6, 6.07) is 0. The minimum absolute atomic E-state index is 0.0271. The number of aliphatic carboxylic acids is 1. The number of phosphoric ester groups is 3. The SMILES string of the molecule is CC(C)(COP(=O)([O-])OP(=O)([O-])OCC1OC(n2cnc3c(N)ncnc32)C(O)C1OP(=O)([O-])[O-])C(O)C(=O)NCCC(=O)NCCC(=O)CC(=O)CCCC(=O)O. The Bertz CT molecular complexity index is 1960. The molecular formula is C28H40N7O20P3-4. The van der Waals surface area contributed by atoms with E-state index in [1.54, 1.807) is 0 Å². The van der Waals surface area contributed by atoms with Crippen molar-refractivity contribution in [3.8, 4) is 0 Å². The van der Waals surface area contributed by atoms with E-state index in [-0.39, 0.29) is 62.2 Å². The number of nitrogens with two attached hydrogens (primary N) is 1. The molecule has 3 rings (SSSR count). The van der Waals surface area contributed by atoms with Crippen LogP contribution in [0.15, 0.2) is 12.7 Å². The number of amides is 2. The number of nitrogens with zero attached hydrogens (tertiary/aromatic N) is 4. The van der Waals surface area contributed by atoms with E-state index in [4.69, 9.17) is 15.6 Å². The van der Waals surface area contributed by atoms with E-state index in [0.717, 1.165) is 31.1 Å². The highest BCUT2D eigenvalue weighted by Crippen LogP contribution is 2.56. The second kappa shape index (κ2) is 20.5. The van der Waals surface area contributed by atoms with E-state index in [2.05, 4.69) is 43.5 Å². The molecule has 2 aromatic heterocycles. The number of aliphatic hydroxyl groups is 2. The number of carbonyl (C=O) groups is 5. The van der Waals surface area contributed by atoms with E-state index >= 15 is 0 Å². The summed E-state index contributed by atoms with van der Waals surface area (Å²) < 4.78 is 60.3. The highest BCUT2D eigenvalue weighted by molar-refractivity contribution is 7.59. The van der Waals surface area contributed by atoms with Crippen LogP contribution in [0.4, 0.5) is 5.82 Å². The maximum Gasteiger partial charge on any atom is 0.303 e. The van der Waals surface area contributed by atoms with Crippen LogP contribution in [0.1, 0.15) is 58.6 Å². The summed E-state index contributed by atoms with van der Waals surface area (Å²) in [6.07, 6.45) is -8.70. The molecule has 0 bridgehead atoms. The van der Waals surface area contributed by atoms with E-state index in [0.29, 0.717) is 0 Å². The molecule has 2 aromatic rings. The Hall–Kier alpha value is -3.65. The average Bonchev–Trinajstić information content (AvgIpc) is 3.66. The zero-order chi connectivity index (χ0) is 43.6. The van der Waals surface area contributed by atoms with Crippen LogP contribution in [0, 0.1) is 5.41 Å². The second-order valence-electron chi connectivity index (χ2n) is 13.2. The summed E-state index contributed by atoms with van der Waals surface area (Å²) in [6.45, 7) is -0.495. The molecule has 2 amide bonds. The van der Waals surface area contributed by atoms with Gasteiger partial charge in [0.25, 0.3) is 15.6 Å². The Morgan fingerprint density at radius 2 is 1.60 bits per heavy atom. The van der Waals surface area contributed by atoms with Crippen molar-refractivity contribution in [3.05, 3.63) is 12.7 Å². The summed E-state index contributed by atoms with van der Waals surface area (Å²) in [5.41, 5.74) is 3.97. The number of anilines is 1. The molecule has 3 heterocycles. The Labute approximate surface area is 328 Å². The van der Waals surface area contributed by atoms with Gasteiger partial charge in [0.1, 0.15) is 47.8 Å². The smallest absolute Gasteiger partial charge is 0.303 e. The third-order valence-corrected chi connectivity index (χ3v) is 11.0. The van der Waals surface area contributed by atoms with Gasteiger partial charge in [-0.1, -0.05) is 13.8 Å². The molecule has 0 spiro atoms. The minimum atomic E-state index is -5.95. The van der Waals surface area contributed by atoms with Crippen molar-refractivity contribution in [2.24, 2.45) is 5.41 Å². The minimum Gasteiger partial charge on any atom is -0.790 e. The predicted octanol–water partition coefficient (Wildman–Crippen LogP) is -3.95. The summed E-state index contributed by atoms with van der Waals surface area (Å²) in [5, 5.41) is 34.5. The van der Waals surface area contributed by atoms with Crippen LogP contribution < -0.4 is 35.9 Å². The van der Waals surface area contributed by atoms with Crippen LogP contribution in [0.3, 0.4) is 0 Å². The molecule has 0 aromatic carbocycles. The third kappa shape index (κ3) is 15.2. The largest absolute Gasteiger partial charge is 0.790 e. The first-order chi connectivity index (χ1) is 26.8. The first-order valence-electron chi connectivity index (χ1n) is 16.9. The second-order valence-corrected chi connectivity index (χ2v) is 17.3. The number of fused-ring (bicyclic) bond motifs is 1. The number of Topliss-reactive ketones (excluding diaryl/α,β-unsaturated/α-hetero) is 2. The quantitative estimate of drug-likeness (QED) is 0.0409. The topological polar surface area (TPSA) is 429 Å². The summed E-state index contributed by atoms with van der Waals surface area (Å²) >= 11 is 0. The number of aliphatic hydroxyl groups excluding tert-OH is 2. The van der Waals surface area contributed by atoms with Crippen LogP contribution in [0.5, 0.6) is 0 Å². The van der Waals surface area contributed by atoms with E-state index in [1.165, 1.54) is 0 Å². The molecule has 7 N–H and O–H groups in total. The van der Waals surface area contributed by atoms with Crippen LogP contribution >= 0.6 is 23.5 Å². The fraction of sp³-hybridized carbons (Fsp3) is 0.643. The first-order valence-corrected chi connectivity index (χ1v) is 21.3. The average molecular weight is 888 g/mol. The lowest BCUT2D eigenvalue weighted by Crippen LogP contribution is -2.46. The van der Waals surface area contributed by atoms with Crippen molar-refractivity contribution in [2.75, 3.05) is 32.0 Å². The van der Waals surface area contributed by atoms with Gasteiger partial charge in [0.05, 0.1) is 33.8 Å². The molecule has 1 aliphatic heterocycles. The van der Waals surface area contributed by atoms with Gasteiger partial charge in [0.15, 0.2) is 17.7 Å². The molecular weight excluding hydrogens is 847 g/mol. The Balaban J connectivity index is 1.46. The Morgan fingerprint density at radius 3 is 2.26 bits per heavy atom. The fourth-order valence-corrected chi connectivity index (χ4v) is 7.83. The number of nitrogens with one attached hydrogen (secondary N) is 2. The van der Waals surface area contributed by atoms with Gasteiger partial charge in [-0.2, -0.15) is 0 Å². The van der Waals surface area contributed by atoms with Crippen molar-refractivity contribution < 1.29 is 95.2 Å². The molecule has 7 unspecified atom stereocenters. The van der Waals surface area contributed by atoms with Gasteiger partial charge in [-0.15, -0.1) is 0 Å². The number of aromatic nitrogens is 4. The van der Waals surface area contributed by atoms with Crippen molar-refractivity contribution in [2.45, 2.75) is 83.0 Å². The van der Waals surface area contributed by atoms with Gasteiger partial charge >= 0.3 is 5.97 Å². The van der Waals surface area contributed by atoms with Gasteiger partial charge in [-0.05, 0) is 6.42 Å². The number of nitrogen functional groups attached to an aromatic ring is 1. The van der Waals surface area contributed by atoms with Crippen molar-refractivity contribution in [1.82, 2.24) is 30.2 Å². The summed E-state index contributed by atoms with van der Waals surface area (Å²) in [5.74, 6) is -3.78. The van der Waals surface area contributed by atoms with Gasteiger partial charge in [0.2, 0.25) is 11.8 Å². The van der Waals surface area contributed by atoms with E-state index in [1.807, 2.05) is 0 Å². The maximum atomic E-state index is 12.5. The van der Waals surface area contributed by atoms with Gasteiger partial charge in [-0.25, -0.2) is 19.3 Å². The number of hydrogen-bond donors (Lipinski definition) is 6. The fourth-order valence-electron chi connectivity index (χ4n) is 5.09. The Kier molecular flexibility index (Phi) is 17.3. The van der Waals surface area contributed by atoms with Crippen molar-refractivity contribution in [3.63, 3.8) is 0 Å². The molecule has 27 nitrogen and oxygen atoms in total. The maximum absolute atomic E-state index is 12.5. The molecule has 1 fully saturated rings. The van der Waals surface area contributed by atoms with Gasteiger partial charge in [-0.3, -0.25) is 37.7 Å². The van der Waals surface area contributed by atoms with E-state index in [9.17, 15) is 67.5 Å². The monoisotopic (exact) mass is 887 g/mol. The Morgan fingerprint density at radius 1 is 0.966 bits per heavy atom. The molecule has 30 heteroatoms. The molecule has 0 radical (unpaired) electrons. The molecule has 1 aliphatic rings. The number of phosphoric acid groups is 3. The van der Waals surface area contributed by atoms with Crippen LogP contribution in [-0.4, -0.2) is 115 Å². The number of rotatable bonds is 25. The highest BCUT2D eigenvalue weighted by Gasteiger charge is 2.47. The van der Waals surface area contributed by atoms with E-state index < -0.39 is 109 Å². The standard InChI is InChI=1S/C28H44N7O20P3/c1-28(2,23(42)26(43)31-9-7-18(38)30-8-6-16(37)10-15(36)4-3-5-19(39)40)12-52-58(49,50)55-57(47,48)51-11-17-22(54-56(44,45)46)21(41)27(53-17)35-14-34-20-24(29)32-13-33-25(20)35/h13-14,17,21-23,27,41-42H,3-12H2,1-2H3,(H,30,38)(H,31,43)(H,39,40)(H,47,48)(H,49,50)(H2,29,32,33)(H2,44,45,46)/p-4. The summed E-state index contributed by atoms with van der Waals surface area (Å²) in [7, 11) is -17.7. The number of hydrogen-bond acceptors (Lipinski definition) is 23. The first kappa shape index (κ1) is 48.7. The van der Waals surface area contributed by atoms with Crippen molar-refractivity contribution >= 4 is 69.8 Å². The lowest BCUT2D eigenvalue weighted by molar-refractivity contribution is -0.347. The zero-order valence-corrected chi connectivity index (χ0v) is 33.3. The third-order valence-electron chi connectivity index (χ3n) is 8.02. The number of carbonyl (C=O) groups excluding carboxylic acids is 4. The van der Waals surface area contributed by atoms with Crippen molar-refractivity contribution in [1.29, 1.82) is 0 Å². The van der Waals surface area contributed by atoms with Gasteiger partial charge in [0, 0.05) is 44.2 Å². The lowest BCUT2D eigenvalue weighted by atomic mass is 9.87. The molecule has 0 saturated carbocycles. The number of carboxylic acids is 1. The van der Waals surface area contributed by atoms with Gasteiger partial charge < -0.3 is 74.1 Å². The number of ketones is 2. The highest BCUT2D eigenvalue weighted by atomic mass is 31.3. The number of imidazole rings is 1. The number of carboxylic acid groups (broad SMARTS) is 1. The normalized spacial score (nSPS) is 21.2. The molecule has 326 valence electrons. The van der Waals surface area contributed by atoms with Crippen LogP contribution in [0.2, 0.25) is 0 Å². The molecule has 7 atom stereocenters. The van der Waals surface area contributed by atoms with Crippen LogP contribution in [0.25, 0.3) is 11.2 Å². The number of ether oxygens (including phenoxy) is 1. The molecule has 0 aliphatic carbocycles. The molecule has 1 saturated heterocycles. The zero-order valence-electron chi connectivity index (χ0n) is 30.6. The molecule has 58 heavy (non-hydrogen) atoms. The summed E-state index contributed by atoms with van der Waals surface area (Å²) in [4.78, 5) is 118.